The molecule has 0 aliphatic rings. The number of aromatic amines is 2. The van der Waals surface area contributed by atoms with Crippen molar-refractivity contribution in [2.24, 2.45) is 5.11 Å². The van der Waals surface area contributed by atoms with Crippen LogP contribution in [-0.4, -0.2) is 34.9 Å². The number of hydrogen-bond donors (Lipinski definition) is 4. The molecule has 42 heavy (non-hydrogen) atoms. The van der Waals surface area contributed by atoms with Gasteiger partial charge in [0.05, 0.1) is 56.2 Å². The fourth-order valence-electron chi connectivity index (χ4n) is 3.44. The molecule has 14 nitrogen and oxygen atoms in total. The number of imidazole rings is 2. The predicted octanol–water partition coefficient (Wildman–Crippen LogP) is 5.28. The number of H-pyrrole nitrogens is 2. The minimum atomic E-state index is 0. The summed E-state index contributed by atoms with van der Waals surface area (Å²) in [6.07, 6.45) is 22.5. The fourth-order valence-corrected chi connectivity index (χ4v) is 3.44. The SMILES string of the molecule is C#CCCCc1cnc(N)[nH]1.Cl.Cl.Nc1ncc(CCCc2cn(Cc3ccoc3)nn2)[nH]1.[N-]=[N+]=NCc1ccoc1. The number of hydrogen-bond acceptors (Lipinski definition) is 9. The number of unbranched alkanes of at least 4 members (excludes halogenated alkanes) is 1. The molecule has 5 aromatic heterocycles. The molecule has 0 spiro atoms. The van der Waals surface area contributed by atoms with Crippen LogP contribution in [-0.2, 0) is 32.4 Å². The standard InChI is InChI=1S/C13H16N6O.C8H11N3.C5H5N3O.2ClH/c14-13-15-6-11(16-13)2-1-3-12-8-19(18-17-12)7-10-4-5-20-9-10;1-2-3-4-5-7-6-10-8(9)11-7;6-8-7-3-5-1-2-9-4-5;;/h4-6,8-9H,1-3,7H2,(H3,14,15,16);1,6H,3-5H2,(H3,9,10,11);1-2,4H,3H2;2*1H. The van der Waals surface area contributed by atoms with Gasteiger partial charge in [0.25, 0.3) is 0 Å². The monoisotopic (exact) mass is 616 g/mol. The van der Waals surface area contributed by atoms with Crippen molar-refractivity contribution in [3.05, 3.63) is 94.4 Å². The van der Waals surface area contributed by atoms with Crippen LogP contribution in [0.4, 0.5) is 11.9 Å². The van der Waals surface area contributed by atoms with Gasteiger partial charge < -0.3 is 30.3 Å². The van der Waals surface area contributed by atoms with Crippen molar-refractivity contribution in [1.82, 2.24) is 34.9 Å². The Labute approximate surface area is 255 Å². The summed E-state index contributed by atoms with van der Waals surface area (Å²) >= 11 is 0. The highest BCUT2D eigenvalue weighted by Crippen LogP contribution is 2.07. The van der Waals surface area contributed by atoms with E-state index >= 15 is 0 Å². The zero-order chi connectivity index (χ0) is 28.4. The van der Waals surface area contributed by atoms with Gasteiger partial charge in [0.2, 0.25) is 0 Å². The van der Waals surface area contributed by atoms with E-state index in [9.17, 15) is 0 Å². The molecular weight excluding hydrogens is 583 g/mol. The van der Waals surface area contributed by atoms with Gasteiger partial charge in [-0.15, -0.1) is 42.3 Å². The molecule has 6 N–H and O–H groups in total. The first-order valence-electron chi connectivity index (χ1n) is 12.5. The molecule has 5 aromatic rings. The number of nitrogens with two attached hydrogens (primary N) is 2. The average molecular weight is 618 g/mol. The molecular formula is C26H34Cl2N12O2. The number of nitrogens with one attached hydrogen (secondary N) is 2. The minimum absolute atomic E-state index is 0. The molecule has 0 aromatic carbocycles. The summed E-state index contributed by atoms with van der Waals surface area (Å²) in [6.45, 7) is 1.05. The van der Waals surface area contributed by atoms with Crippen LogP contribution in [0.15, 0.2) is 69.7 Å². The van der Waals surface area contributed by atoms with Gasteiger partial charge in [0, 0.05) is 34.5 Å². The predicted molar refractivity (Wildman–Crippen MR) is 164 cm³/mol. The molecule has 5 rings (SSSR count). The van der Waals surface area contributed by atoms with Crippen LogP contribution in [0.2, 0.25) is 0 Å². The number of furan rings is 2. The summed E-state index contributed by atoms with van der Waals surface area (Å²) in [4.78, 5) is 16.4. The highest BCUT2D eigenvalue weighted by atomic mass is 35.5. The van der Waals surface area contributed by atoms with Crippen molar-refractivity contribution in [1.29, 1.82) is 0 Å². The maximum atomic E-state index is 7.89. The van der Waals surface area contributed by atoms with E-state index in [0.29, 0.717) is 25.0 Å². The van der Waals surface area contributed by atoms with Gasteiger partial charge in [0.15, 0.2) is 11.9 Å². The van der Waals surface area contributed by atoms with Crippen LogP contribution in [0.1, 0.15) is 47.5 Å². The van der Waals surface area contributed by atoms with Crippen LogP contribution in [0.5, 0.6) is 0 Å². The topological polar surface area (TPSA) is 215 Å². The molecule has 0 aliphatic carbocycles. The summed E-state index contributed by atoms with van der Waals surface area (Å²) in [5, 5.41) is 11.6. The zero-order valence-electron chi connectivity index (χ0n) is 22.8. The summed E-state index contributed by atoms with van der Waals surface area (Å²) in [5.41, 5.74) is 23.9. The van der Waals surface area contributed by atoms with Crippen molar-refractivity contribution >= 4 is 36.7 Å². The highest BCUT2D eigenvalue weighted by Gasteiger charge is 2.04. The van der Waals surface area contributed by atoms with Crippen LogP contribution >= 0.6 is 24.8 Å². The summed E-state index contributed by atoms with van der Waals surface area (Å²) in [5.74, 6) is 3.52. The third-order valence-corrected chi connectivity index (χ3v) is 5.35. The fraction of sp³-hybridized carbons (Fsp3) is 0.308. The Bertz CT molecular complexity index is 1460. The third-order valence-electron chi connectivity index (χ3n) is 5.35. The number of aromatic nitrogens is 7. The van der Waals surface area contributed by atoms with E-state index < -0.39 is 0 Å². The highest BCUT2D eigenvalue weighted by molar-refractivity contribution is 5.85. The molecule has 224 valence electrons. The summed E-state index contributed by atoms with van der Waals surface area (Å²) < 4.78 is 11.6. The number of aryl methyl sites for hydroxylation is 3. The number of terminal acetylenes is 1. The first-order chi connectivity index (χ1) is 19.6. The number of anilines is 2. The van der Waals surface area contributed by atoms with E-state index in [1.807, 2.05) is 16.9 Å². The molecule has 0 aliphatic heterocycles. The van der Waals surface area contributed by atoms with Crippen molar-refractivity contribution in [3.63, 3.8) is 0 Å². The second kappa shape index (κ2) is 20.1. The molecule has 0 amide bonds. The lowest BCUT2D eigenvalue weighted by Gasteiger charge is -1.96. The number of nitrogens with zero attached hydrogens (tertiary/aromatic N) is 8. The van der Waals surface area contributed by atoms with Crippen molar-refractivity contribution in [2.45, 2.75) is 51.6 Å². The summed E-state index contributed by atoms with van der Waals surface area (Å²) in [7, 11) is 0. The Morgan fingerprint density at radius 1 is 0.952 bits per heavy atom. The molecule has 0 atom stereocenters. The van der Waals surface area contributed by atoms with Gasteiger partial charge in [-0.05, 0) is 55.3 Å². The Hall–Kier alpha value is -4.83. The van der Waals surface area contributed by atoms with Gasteiger partial charge in [-0.3, -0.25) is 0 Å². The van der Waals surface area contributed by atoms with E-state index in [-0.39, 0.29) is 24.8 Å². The Balaban J connectivity index is 0.000000342. The lowest BCUT2D eigenvalue weighted by Crippen LogP contribution is -1.98. The molecule has 16 heteroatoms. The van der Waals surface area contributed by atoms with E-state index in [1.165, 1.54) is 0 Å². The van der Waals surface area contributed by atoms with Crippen molar-refractivity contribution in [2.75, 3.05) is 11.5 Å². The summed E-state index contributed by atoms with van der Waals surface area (Å²) in [6, 6.07) is 3.68. The third kappa shape index (κ3) is 13.5. The lowest BCUT2D eigenvalue weighted by molar-refractivity contribution is 0.558. The second-order valence-corrected chi connectivity index (χ2v) is 8.56. The first kappa shape index (κ1) is 35.2. The van der Waals surface area contributed by atoms with Gasteiger partial charge in [-0.25, -0.2) is 14.6 Å². The minimum Gasteiger partial charge on any atom is -0.472 e. The maximum Gasteiger partial charge on any atom is 0.197 e. The molecule has 0 saturated heterocycles. The van der Waals surface area contributed by atoms with Crippen molar-refractivity contribution in [3.8, 4) is 12.3 Å². The first-order valence-corrected chi connectivity index (χ1v) is 12.5. The zero-order valence-corrected chi connectivity index (χ0v) is 24.4. The number of azide groups is 1. The molecule has 0 bridgehead atoms. The molecule has 0 fully saturated rings. The van der Waals surface area contributed by atoms with Crippen LogP contribution < -0.4 is 11.5 Å². The smallest absolute Gasteiger partial charge is 0.197 e. The Kier molecular flexibility index (Phi) is 16.9. The molecule has 0 saturated carbocycles. The van der Waals surface area contributed by atoms with Gasteiger partial charge in [-0.2, -0.15) is 0 Å². The van der Waals surface area contributed by atoms with E-state index in [2.05, 4.69) is 46.2 Å². The lowest BCUT2D eigenvalue weighted by atomic mass is 10.2. The number of rotatable bonds is 11. The number of nitrogen functional groups attached to an aromatic ring is 2. The normalized spacial score (nSPS) is 9.50. The van der Waals surface area contributed by atoms with E-state index in [1.54, 1.807) is 43.5 Å². The Morgan fingerprint density at radius 3 is 2.10 bits per heavy atom. The van der Waals surface area contributed by atoms with Gasteiger partial charge in [-0.1, -0.05) is 10.3 Å². The van der Waals surface area contributed by atoms with Crippen molar-refractivity contribution < 1.29 is 8.83 Å². The van der Waals surface area contributed by atoms with Crippen LogP contribution in [0, 0.1) is 12.3 Å². The van der Waals surface area contributed by atoms with E-state index in [0.717, 1.165) is 66.7 Å². The largest absolute Gasteiger partial charge is 0.472 e. The molecule has 0 radical (unpaired) electrons. The van der Waals surface area contributed by atoms with Gasteiger partial charge >= 0.3 is 0 Å². The Morgan fingerprint density at radius 2 is 1.57 bits per heavy atom. The second-order valence-electron chi connectivity index (χ2n) is 8.56. The van der Waals surface area contributed by atoms with E-state index in [4.69, 9.17) is 32.3 Å². The maximum absolute atomic E-state index is 7.89. The quantitative estimate of drug-likeness (QED) is 0.0501. The average Bonchev–Trinajstić information content (AvgIpc) is 3.78. The number of halogens is 2. The van der Waals surface area contributed by atoms with Crippen LogP contribution in [0.3, 0.4) is 0 Å². The molecule has 5 heterocycles. The van der Waals surface area contributed by atoms with Crippen LogP contribution in [0.25, 0.3) is 10.4 Å². The van der Waals surface area contributed by atoms with Gasteiger partial charge in [0.1, 0.15) is 0 Å². The molecule has 0 unspecified atom stereocenters.